The first-order valence-electron chi connectivity index (χ1n) is 4.25. The van der Waals surface area contributed by atoms with E-state index in [0.717, 1.165) is 4.47 Å². The van der Waals surface area contributed by atoms with Crippen LogP contribution in [-0.4, -0.2) is 28.4 Å². The fourth-order valence-electron chi connectivity index (χ4n) is 0.885. The number of nitrogens with zero attached hydrogens (tertiary/aromatic N) is 1. The number of aliphatic imine (C=N–C) groups is 1. The Kier molecular flexibility index (Phi) is 3.85. The quantitative estimate of drug-likeness (QED) is 0.827. The lowest BCUT2D eigenvalue weighted by molar-refractivity contribution is -0.137. The second kappa shape index (κ2) is 4.93. The molecule has 0 heterocycles. The molecule has 0 aliphatic carbocycles. The summed E-state index contributed by atoms with van der Waals surface area (Å²) in [5.74, 6) is -0.930. The van der Waals surface area contributed by atoms with Crippen LogP contribution in [0.2, 0.25) is 0 Å². The number of hydrogen-bond acceptors (Lipinski definition) is 3. The van der Waals surface area contributed by atoms with E-state index in [4.69, 9.17) is 5.11 Å². The third kappa shape index (κ3) is 3.36. The smallest absolute Gasteiger partial charge is 0.328 e. The molecule has 0 saturated heterocycles. The standard InChI is InChI=1S/C10H10BrNO3/c1-6(10(14)15)12-5-7-4-8(11)2-3-9(7)13/h2-6,13H,1H3,(H,14,15)/t6-/m0/s1. The summed E-state index contributed by atoms with van der Waals surface area (Å²) in [6, 6.07) is 4.04. The number of carbonyl (C=O) groups is 1. The maximum atomic E-state index is 10.5. The zero-order valence-electron chi connectivity index (χ0n) is 8.01. The van der Waals surface area contributed by atoms with Gasteiger partial charge in [-0.15, -0.1) is 0 Å². The number of phenolic OH excluding ortho intramolecular Hbond substituents is 1. The van der Waals surface area contributed by atoms with Crippen molar-refractivity contribution in [2.75, 3.05) is 0 Å². The molecule has 4 nitrogen and oxygen atoms in total. The predicted molar refractivity (Wildman–Crippen MR) is 60.5 cm³/mol. The van der Waals surface area contributed by atoms with Crippen molar-refractivity contribution in [2.45, 2.75) is 13.0 Å². The molecule has 0 radical (unpaired) electrons. The van der Waals surface area contributed by atoms with Crippen molar-refractivity contribution in [3.63, 3.8) is 0 Å². The van der Waals surface area contributed by atoms with Gasteiger partial charge in [0.05, 0.1) is 0 Å². The maximum absolute atomic E-state index is 10.5. The van der Waals surface area contributed by atoms with E-state index in [1.165, 1.54) is 19.2 Å². The van der Waals surface area contributed by atoms with E-state index in [1.54, 1.807) is 12.1 Å². The van der Waals surface area contributed by atoms with E-state index in [0.29, 0.717) is 5.56 Å². The first kappa shape index (κ1) is 11.7. The molecule has 1 aromatic carbocycles. The highest BCUT2D eigenvalue weighted by atomic mass is 79.9. The summed E-state index contributed by atoms with van der Waals surface area (Å²) < 4.78 is 0.796. The molecule has 80 valence electrons. The summed E-state index contributed by atoms with van der Waals surface area (Å²) in [5.41, 5.74) is 0.484. The lowest BCUT2D eigenvalue weighted by atomic mass is 10.2. The van der Waals surface area contributed by atoms with Crippen LogP contribution in [0, 0.1) is 0 Å². The molecule has 0 aliphatic rings. The van der Waals surface area contributed by atoms with E-state index in [9.17, 15) is 9.90 Å². The van der Waals surface area contributed by atoms with Crippen molar-refractivity contribution >= 4 is 28.1 Å². The predicted octanol–water partition coefficient (Wildman–Crippen LogP) is 2.05. The third-order valence-corrected chi connectivity index (χ3v) is 2.28. The normalized spacial score (nSPS) is 12.9. The van der Waals surface area contributed by atoms with E-state index < -0.39 is 12.0 Å². The van der Waals surface area contributed by atoms with Gasteiger partial charge in [-0.2, -0.15) is 0 Å². The van der Waals surface area contributed by atoms with Gasteiger partial charge in [-0.05, 0) is 25.1 Å². The number of aromatic hydroxyl groups is 1. The Bertz CT molecular complexity index is 404. The van der Waals surface area contributed by atoms with Crippen LogP contribution in [0.15, 0.2) is 27.7 Å². The van der Waals surface area contributed by atoms with Gasteiger partial charge in [0.2, 0.25) is 0 Å². The zero-order valence-corrected chi connectivity index (χ0v) is 9.60. The Balaban J connectivity index is 2.89. The molecule has 0 spiro atoms. The maximum Gasteiger partial charge on any atom is 0.328 e. The highest BCUT2D eigenvalue weighted by Crippen LogP contribution is 2.20. The Morgan fingerprint density at radius 2 is 2.27 bits per heavy atom. The SMILES string of the molecule is C[C@H](N=Cc1cc(Br)ccc1O)C(=O)O. The van der Waals surface area contributed by atoms with Gasteiger partial charge in [0.15, 0.2) is 0 Å². The number of rotatable bonds is 3. The second-order valence-corrected chi connectivity index (χ2v) is 3.91. The van der Waals surface area contributed by atoms with Crippen molar-refractivity contribution in [3.05, 3.63) is 28.2 Å². The minimum Gasteiger partial charge on any atom is -0.507 e. The largest absolute Gasteiger partial charge is 0.507 e. The first-order valence-corrected chi connectivity index (χ1v) is 5.04. The Labute approximate surface area is 95.4 Å². The van der Waals surface area contributed by atoms with Gasteiger partial charge in [-0.3, -0.25) is 4.99 Å². The van der Waals surface area contributed by atoms with Crippen LogP contribution in [0.3, 0.4) is 0 Å². The number of phenols is 1. The molecule has 5 heteroatoms. The average Bonchev–Trinajstić information content (AvgIpc) is 2.18. The van der Waals surface area contributed by atoms with Crippen molar-refractivity contribution in [1.82, 2.24) is 0 Å². The van der Waals surface area contributed by atoms with Crippen LogP contribution in [0.5, 0.6) is 5.75 Å². The van der Waals surface area contributed by atoms with Gasteiger partial charge in [0.1, 0.15) is 11.8 Å². The van der Waals surface area contributed by atoms with Gasteiger partial charge >= 0.3 is 5.97 Å². The molecule has 0 bridgehead atoms. The van der Waals surface area contributed by atoms with Gasteiger partial charge in [-0.1, -0.05) is 15.9 Å². The van der Waals surface area contributed by atoms with Crippen LogP contribution in [0.25, 0.3) is 0 Å². The van der Waals surface area contributed by atoms with Crippen LogP contribution >= 0.6 is 15.9 Å². The minimum atomic E-state index is -0.999. The van der Waals surface area contributed by atoms with Crippen molar-refractivity contribution < 1.29 is 15.0 Å². The number of benzene rings is 1. The van der Waals surface area contributed by atoms with E-state index in [-0.39, 0.29) is 5.75 Å². The molecule has 0 amide bonds. The minimum absolute atomic E-state index is 0.0690. The molecule has 0 unspecified atom stereocenters. The van der Waals surface area contributed by atoms with Crippen molar-refractivity contribution in [3.8, 4) is 5.75 Å². The Morgan fingerprint density at radius 1 is 1.60 bits per heavy atom. The van der Waals surface area contributed by atoms with E-state index in [1.807, 2.05) is 0 Å². The van der Waals surface area contributed by atoms with Crippen LogP contribution in [0.4, 0.5) is 0 Å². The molecule has 0 aliphatic heterocycles. The Morgan fingerprint density at radius 3 is 2.87 bits per heavy atom. The van der Waals surface area contributed by atoms with Crippen molar-refractivity contribution in [1.29, 1.82) is 0 Å². The van der Waals surface area contributed by atoms with E-state index >= 15 is 0 Å². The zero-order chi connectivity index (χ0) is 11.4. The number of aliphatic carboxylic acids is 1. The van der Waals surface area contributed by atoms with Crippen LogP contribution in [0.1, 0.15) is 12.5 Å². The molecule has 1 aromatic rings. The van der Waals surface area contributed by atoms with E-state index in [2.05, 4.69) is 20.9 Å². The molecular weight excluding hydrogens is 262 g/mol. The number of carboxylic acids is 1. The highest BCUT2D eigenvalue weighted by Gasteiger charge is 2.07. The lowest BCUT2D eigenvalue weighted by Crippen LogP contribution is -2.13. The number of hydrogen-bond donors (Lipinski definition) is 2. The van der Waals surface area contributed by atoms with Crippen LogP contribution < -0.4 is 0 Å². The van der Waals surface area contributed by atoms with Gasteiger partial charge in [0, 0.05) is 16.3 Å². The summed E-state index contributed by atoms with van der Waals surface area (Å²) in [7, 11) is 0. The molecule has 0 fully saturated rings. The fourth-order valence-corrected chi connectivity index (χ4v) is 1.26. The molecule has 0 saturated carbocycles. The Hall–Kier alpha value is -1.36. The lowest BCUT2D eigenvalue weighted by Gasteiger charge is -2.01. The topological polar surface area (TPSA) is 69.9 Å². The number of halogens is 1. The summed E-state index contributed by atoms with van der Waals surface area (Å²) in [4.78, 5) is 14.3. The molecule has 1 rings (SSSR count). The average molecular weight is 272 g/mol. The second-order valence-electron chi connectivity index (χ2n) is 3.00. The third-order valence-electron chi connectivity index (χ3n) is 1.78. The van der Waals surface area contributed by atoms with Crippen molar-refractivity contribution in [2.24, 2.45) is 4.99 Å². The molecule has 1 atom stereocenters. The molecule has 2 N–H and O–H groups in total. The van der Waals surface area contributed by atoms with Gasteiger partial charge in [0.25, 0.3) is 0 Å². The first-order chi connectivity index (χ1) is 7.00. The molecule has 0 aromatic heterocycles. The van der Waals surface area contributed by atoms with Crippen LogP contribution in [-0.2, 0) is 4.79 Å². The summed E-state index contributed by atoms with van der Waals surface area (Å²) in [6.45, 7) is 1.47. The highest BCUT2D eigenvalue weighted by molar-refractivity contribution is 9.10. The monoisotopic (exact) mass is 271 g/mol. The summed E-state index contributed by atoms with van der Waals surface area (Å²) in [6.07, 6.45) is 1.35. The summed E-state index contributed by atoms with van der Waals surface area (Å²) in [5, 5.41) is 18.0. The summed E-state index contributed by atoms with van der Waals surface area (Å²) >= 11 is 3.24. The molecule has 15 heavy (non-hydrogen) atoms. The number of carboxylic acid groups (broad SMARTS) is 1. The van der Waals surface area contributed by atoms with Gasteiger partial charge < -0.3 is 10.2 Å². The van der Waals surface area contributed by atoms with Gasteiger partial charge in [-0.25, -0.2) is 4.79 Å². The fraction of sp³-hybridized carbons (Fsp3) is 0.200. The molecular formula is C10H10BrNO3.